The van der Waals surface area contributed by atoms with Gasteiger partial charge in [-0.05, 0) is 0 Å². The molecule has 0 bridgehead atoms. The normalized spacial score (nSPS) is 32.1. The third-order valence-electron chi connectivity index (χ3n) is 2.69. The highest BCUT2D eigenvalue weighted by Gasteiger charge is 2.49. The first-order chi connectivity index (χ1) is 9.72. The van der Waals surface area contributed by atoms with Gasteiger partial charge in [0, 0.05) is 20.8 Å². The Labute approximate surface area is 120 Å². The van der Waals surface area contributed by atoms with Gasteiger partial charge in [0.15, 0.2) is 18.5 Å². The summed E-state index contributed by atoms with van der Waals surface area (Å²) >= 11 is 0. The number of hydrogen-bond donors (Lipinski definition) is 2. The largest absolute Gasteiger partial charge is 0.463 e. The van der Waals surface area contributed by atoms with Gasteiger partial charge in [0.05, 0.1) is 0 Å². The maximum absolute atomic E-state index is 11.1. The van der Waals surface area contributed by atoms with Gasteiger partial charge in [0.2, 0.25) is 0 Å². The summed E-state index contributed by atoms with van der Waals surface area (Å²) in [4.78, 5) is 33.1. The smallest absolute Gasteiger partial charge is 0.303 e. The number of aliphatic hydroxyl groups is 2. The first kappa shape index (κ1) is 17.3. The molecular formula is C12H18O9. The van der Waals surface area contributed by atoms with Crippen LogP contribution in [0.3, 0.4) is 0 Å². The minimum absolute atomic E-state index is 0.338. The lowest BCUT2D eigenvalue weighted by molar-refractivity contribution is -0.293. The third kappa shape index (κ3) is 4.96. The van der Waals surface area contributed by atoms with Gasteiger partial charge in [-0.3, -0.25) is 14.4 Å². The highest BCUT2D eigenvalue weighted by molar-refractivity contribution is 5.67. The molecule has 1 aliphatic rings. The van der Waals surface area contributed by atoms with E-state index in [0.29, 0.717) is 0 Å². The van der Waals surface area contributed by atoms with E-state index in [-0.39, 0.29) is 6.61 Å². The minimum Gasteiger partial charge on any atom is -0.463 e. The zero-order valence-electron chi connectivity index (χ0n) is 11.8. The van der Waals surface area contributed by atoms with Crippen LogP contribution in [0.5, 0.6) is 0 Å². The number of esters is 3. The molecule has 0 amide bonds. The molecule has 21 heavy (non-hydrogen) atoms. The van der Waals surface area contributed by atoms with Gasteiger partial charge in [-0.15, -0.1) is 0 Å². The molecule has 1 aliphatic heterocycles. The Morgan fingerprint density at radius 1 is 0.952 bits per heavy atom. The van der Waals surface area contributed by atoms with Crippen molar-refractivity contribution in [2.45, 2.75) is 51.5 Å². The van der Waals surface area contributed by atoms with E-state index >= 15 is 0 Å². The van der Waals surface area contributed by atoms with Crippen molar-refractivity contribution in [3.63, 3.8) is 0 Å². The van der Waals surface area contributed by atoms with Crippen LogP contribution in [0.1, 0.15) is 20.8 Å². The van der Waals surface area contributed by atoms with Crippen LogP contribution in [0.2, 0.25) is 0 Å². The van der Waals surface area contributed by atoms with Gasteiger partial charge >= 0.3 is 17.9 Å². The van der Waals surface area contributed by atoms with Gasteiger partial charge in [-0.25, -0.2) is 0 Å². The van der Waals surface area contributed by atoms with Crippen LogP contribution in [0.15, 0.2) is 0 Å². The molecule has 1 fully saturated rings. The maximum atomic E-state index is 11.1. The standard InChI is InChI=1S/C12H18O9/c1-5(13)18-4-8-10(19-6(2)14)11(20-7(3)15)9(16)12(17)21-8/h8-12,16-17H,4H2,1-3H3/t8-,9+,10-,11-,12-/m0/s1. The first-order valence-corrected chi connectivity index (χ1v) is 6.21. The van der Waals surface area contributed by atoms with Gasteiger partial charge in [-0.1, -0.05) is 0 Å². The summed E-state index contributed by atoms with van der Waals surface area (Å²) in [6.07, 6.45) is -6.92. The molecule has 9 nitrogen and oxygen atoms in total. The second kappa shape index (κ2) is 7.34. The third-order valence-corrected chi connectivity index (χ3v) is 2.69. The van der Waals surface area contributed by atoms with Crippen LogP contribution in [0.25, 0.3) is 0 Å². The molecule has 0 aliphatic carbocycles. The van der Waals surface area contributed by atoms with Crippen molar-refractivity contribution < 1.29 is 43.5 Å². The molecule has 1 heterocycles. The average Bonchev–Trinajstić information content (AvgIpc) is 2.35. The van der Waals surface area contributed by atoms with Crippen LogP contribution < -0.4 is 0 Å². The summed E-state index contributed by atoms with van der Waals surface area (Å²) in [5, 5.41) is 19.4. The van der Waals surface area contributed by atoms with E-state index < -0.39 is 48.6 Å². The van der Waals surface area contributed by atoms with Crippen molar-refractivity contribution in [3.05, 3.63) is 0 Å². The lowest BCUT2D eigenvalue weighted by Gasteiger charge is -2.41. The molecule has 0 spiro atoms. The van der Waals surface area contributed by atoms with Crippen molar-refractivity contribution in [1.82, 2.24) is 0 Å². The van der Waals surface area contributed by atoms with Gasteiger partial charge in [-0.2, -0.15) is 0 Å². The molecule has 120 valence electrons. The number of aliphatic hydroxyl groups excluding tert-OH is 2. The summed E-state index contributed by atoms with van der Waals surface area (Å²) in [7, 11) is 0. The fourth-order valence-corrected chi connectivity index (χ4v) is 1.90. The van der Waals surface area contributed by atoms with Gasteiger partial charge in [0.25, 0.3) is 0 Å². The number of ether oxygens (including phenoxy) is 4. The Morgan fingerprint density at radius 2 is 1.48 bits per heavy atom. The second-order valence-corrected chi connectivity index (χ2v) is 4.51. The van der Waals surface area contributed by atoms with Crippen molar-refractivity contribution in [2.24, 2.45) is 0 Å². The molecule has 1 saturated heterocycles. The highest BCUT2D eigenvalue weighted by Crippen LogP contribution is 2.25. The maximum Gasteiger partial charge on any atom is 0.303 e. The van der Waals surface area contributed by atoms with E-state index in [2.05, 4.69) is 0 Å². The molecule has 0 radical (unpaired) electrons. The minimum atomic E-state index is -1.68. The SMILES string of the molecule is CC(=O)OC[C@@H]1O[C@H](O)[C@H](O)[C@H](OC(C)=O)[C@H]1OC(C)=O. The topological polar surface area (TPSA) is 129 Å². The van der Waals surface area contributed by atoms with E-state index in [0.717, 1.165) is 13.8 Å². The van der Waals surface area contributed by atoms with Crippen LogP contribution in [0, 0.1) is 0 Å². The zero-order valence-corrected chi connectivity index (χ0v) is 11.8. The van der Waals surface area contributed by atoms with E-state index in [1.165, 1.54) is 6.92 Å². The number of rotatable bonds is 4. The van der Waals surface area contributed by atoms with E-state index in [9.17, 15) is 24.6 Å². The first-order valence-electron chi connectivity index (χ1n) is 6.21. The Bertz CT molecular complexity index is 408. The summed E-state index contributed by atoms with van der Waals surface area (Å²) < 4.78 is 19.6. The number of carbonyl (C=O) groups is 3. The molecule has 2 N–H and O–H groups in total. The lowest BCUT2D eigenvalue weighted by atomic mass is 9.98. The molecule has 0 aromatic rings. The predicted octanol–water partition coefficient (Wildman–Crippen LogP) is -1.51. The van der Waals surface area contributed by atoms with E-state index in [1.807, 2.05) is 0 Å². The van der Waals surface area contributed by atoms with Gasteiger partial charge in [0.1, 0.15) is 18.8 Å². The Kier molecular flexibility index (Phi) is 6.06. The van der Waals surface area contributed by atoms with Crippen molar-refractivity contribution in [3.8, 4) is 0 Å². The Hall–Kier alpha value is -1.71. The molecular weight excluding hydrogens is 288 g/mol. The molecule has 1 rings (SSSR count). The van der Waals surface area contributed by atoms with Crippen LogP contribution in [-0.2, 0) is 33.3 Å². The molecule has 5 atom stereocenters. The van der Waals surface area contributed by atoms with Crippen LogP contribution >= 0.6 is 0 Å². The van der Waals surface area contributed by atoms with Crippen LogP contribution in [0.4, 0.5) is 0 Å². The molecule has 9 heteroatoms. The zero-order chi connectivity index (χ0) is 16.2. The summed E-state index contributed by atoms with van der Waals surface area (Å²) in [5.41, 5.74) is 0. The number of hydrogen-bond acceptors (Lipinski definition) is 9. The van der Waals surface area contributed by atoms with Crippen LogP contribution in [-0.4, -0.2) is 65.4 Å². The van der Waals surface area contributed by atoms with Gasteiger partial charge < -0.3 is 29.2 Å². The molecule has 0 saturated carbocycles. The fraction of sp³-hybridized carbons (Fsp3) is 0.750. The Balaban J connectivity index is 2.94. The average molecular weight is 306 g/mol. The monoisotopic (exact) mass is 306 g/mol. The van der Waals surface area contributed by atoms with Crippen molar-refractivity contribution in [1.29, 1.82) is 0 Å². The van der Waals surface area contributed by atoms with E-state index in [4.69, 9.17) is 18.9 Å². The lowest BCUT2D eigenvalue weighted by Crippen LogP contribution is -2.61. The number of carbonyl (C=O) groups excluding carboxylic acids is 3. The molecule has 0 unspecified atom stereocenters. The summed E-state index contributed by atoms with van der Waals surface area (Å²) in [6.45, 7) is 3.04. The van der Waals surface area contributed by atoms with Crippen molar-refractivity contribution >= 4 is 17.9 Å². The fourth-order valence-electron chi connectivity index (χ4n) is 1.90. The highest BCUT2D eigenvalue weighted by atomic mass is 16.7. The van der Waals surface area contributed by atoms with E-state index in [1.54, 1.807) is 0 Å². The molecule has 0 aromatic heterocycles. The predicted molar refractivity (Wildman–Crippen MR) is 64.6 cm³/mol. The van der Waals surface area contributed by atoms with Crippen molar-refractivity contribution in [2.75, 3.05) is 6.61 Å². The second-order valence-electron chi connectivity index (χ2n) is 4.51. The summed E-state index contributed by atoms with van der Waals surface area (Å²) in [5.74, 6) is -2.06. The molecule has 0 aromatic carbocycles. The summed E-state index contributed by atoms with van der Waals surface area (Å²) in [6, 6.07) is 0. The quantitative estimate of drug-likeness (QED) is 0.470. The Morgan fingerprint density at radius 3 is 1.95 bits per heavy atom.